The first kappa shape index (κ1) is 26.2. The van der Waals surface area contributed by atoms with Crippen molar-refractivity contribution >= 4 is 0 Å². The third kappa shape index (κ3) is 81.3. The predicted molar refractivity (Wildman–Crippen MR) is 65.2 cm³/mol. The molecule has 0 aliphatic carbocycles. The molecule has 0 heterocycles. The van der Waals surface area contributed by atoms with Crippen molar-refractivity contribution in [3.05, 3.63) is 0 Å². The molecule has 4 heteroatoms. The van der Waals surface area contributed by atoms with E-state index in [9.17, 15) is 15.3 Å². The van der Waals surface area contributed by atoms with Gasteiger partial charge in [-0.1, -0.05) is 59.3 Å². The first-order valence-corrected chi connectivity index (χ1v) is 8.05. The third-order valence-corrected chi connectivity index (χ3v) is 1.49. The summed E-state index contributed by atoms with van der Waals surface area (Å²) >= 11 is 2.00. The molecule has 104 valence electrons. The molecule has 0 fully saturated rings. The Balaban J connectivity index is -0.0000000693. The van der Waals surface area contributed by atoms with Crippen molar-refractivity contribution in [1.82, 2.24) is 0 Å². The molecule has 0 aliphatic heterocycles. The van der Waals surface area contributed by atoms with Crippen LogP contribution < -0.4 is 15.3 Å². The maximum absolute atomic E-state index is 9.53. The van der Waals surface area contributed by atoms with E-state index in [0.29, 0.717) is 0 Å². The average Bonchev–Trinajstić information content (AvgIpc) is 2.36. The zero-order valence-corrected chi connectivity index (χ0v) is 13.7. The van der Waals surface area contributed by atoms with Gasteiger partial charge in [0.15, 0.2) is 0 Å². The Hall–Kier alpha value is 0.594. The summed E-state index contributed by atoms with van der Waals surface area (Å²) < 4.78 is 0. The molecule has 0 atom stereocenters. The molecule has 0 rings (SSSR count). The van der Waals surface area contributed by atoms with Crippen LogP contribution >= 0.6 is 0 Å². The molecule has 0 N–H and O–H groups in total. The standard InChI is InChI=1S/3C4H9O.CH3.Ti/c3*1-2-3-4-5;;/h3*2-4H2,1H3;1H3;/q3*-1;;+3. The molecule has 0 saturated heterocycles. The molecule has 0 bridgehead atoms. The molecule has 0 aliphatic rings. The van der Waals surface area contributed by atoms with Crippen molar-refractivity contribution in [2.24, 2.45) is 0 Å². The van der Waals surface area contributed by atoms with Crippen molar-refractivity contribution in [2.75, 3.05) is 19.8 Å². The second-order valence-electron chi connectivity index (χ2n) is 3.17. The van der Waals surface area contributed by atoms with Gasteiger partial charge >= 0.3 is 25.7 Å². The molecule has 0 unspecified atom stereocenters. The SMILES string of the molecule is CCCC[O-].CCCC[O-].CCCC[O-].[CH3][Ti+3]. The van der Waals surface area contributed by atoms with Gasteiger partial charge in [-0.3, -0.25) is 0 Å². The van der Waals surface area contributed by atoms with Crippen LogP contribution in [0.3, 0.4) is 0 Å². The fraction of sp³-hybridized carbons (Fsp3) is 1.00. The van der Waals surface area contributed by atoms with Crippen molar-refractivity contribution in [3.63, 3.8) is 0 Å². The Morgan fingerprint density at radius 2 is 0.765 bits per heavy atom. The summed E-state index contributed by atoms with van der Waals surface area (Å²) in [6.07, 6.45) is 5.59. The fourth-order valence-corrected chi connectivity index (χ4v) is 0.433. The number of hydrogen-bond acceptors (Lipinski definition) is 3. The zero-order chi connectivity index (χ0) is 14.4. The molecule has 0 radical (unpaired) electrons. The van der Waals surface area contributed by atoms with E-state index in [1.54, 1.807) is 0 Å². The van der Waals surface area contributed by atoms with Crippen molar-refractivity contribution in [1.29, 1.82) is 0 Å². The molecule has 17 heavy (non-hydrogen) atoms. The van der Waals surface area contributed by atoms with E-state index in [2.05, 4.69) is 0 Å². The van der Waals surface area contributed by atoms with E-state index in [4.69, 9.17) is 0 Å². The van der Waals surface area contributed by atoms with E-state index < -0.39 is 0 Å². The molecule has 0 aromatic carbocycles. The van der Waals surface area contributed by atoms with E-state index in [0.717, 1.165) is 38.5 Å². The Labute approximate surface area is 120 Å². The van der Waals surface area contributed by atoms with Gasteiger partial charge in [-0.05, 0) is 0 Å². The van der Waals surface area contributed by atoms with Gasteiger partial charge in [0.25, 0.3) is 0 Å². The number of unbranched alkanes of at least 4 members (excludes halogenated alkanes) is 3. The normalized spacial score (nSPS) is 7.82. The zero-order valence-electron chi connectivity index (χ0n) is 12.1. The number of hydrogen-bond donors (Lipinski definition) is 0. The van der Waals surface area contributed by atoms with Crippen LogP contribution in [0, 0.1) is 0 Å². The summed E-state index contributed by atoms with van der Waals surface area (Å²) in [5.41, 5.74) is 0. The Kier molecular flexibility index (Phi) is 67.6. The Bertz CT molecular complexity index is 53.4. The molecular formula is C13H30O3Ti. The topological polar surface area (TPSA) is 69.2 Å². The van der Waals surface area contributed by atoms with Crippen molar-refractivity contribution in [3.8, 4) is 0 Å². The first-order chi connectivity index (χ1) is 8.24. The van der Waals surface area contributed by atoms with Crippen LogP contribution in [0.4, 0.5) is 0 Å². The summed E-state index contributed by atoms with van der Waals surface area (Å²) in [4.78, 5) is 0. The van der Waals surface area contributed by atoms with Gasteiger partial charge in [-0.25, -0.2) is 0 Å². The van der Waals surface area contributed by atoms with Crippen LogP contribution in [0.1, 0.15) is 59.3 Å². The van der Waals surface area contributed by atoms with Gasteiger partial charge in [0.05, 0.1) is 0 Å². The van der Waals surface area contributed by atoms with Gasteiger partial charge in [0, 0.05) is 0 Å². The van der Waals surface area contributed by atoms with Gasteiger partial charge < -0.3 is 15.3 Å². The van der Waals surface area contributed by atoms with Gasteiger partial charge in [-0.15, -0.1) is 19.8 Å². The number of rotatable bonds is 6. The molecule has 0 saturated carbocycles. The minimum absolute atomic E-state index is 0.0938. The van der Waals surface area contributed by atoms with Crippen LogP contribution in [0.25, 0.3) is 0 Å². The second-order valence-corrected chi connectivity index (χ2v) is 3.17. The monoisotopic (exact) mass is 282 g/mol. The third-order valence-electron chi connectivity index (χ3n) is 1.49. The van der Waals surface area contributed by atoms with Crippen LogP contribution in [-0.2, 0) is 20.4 Å². The summed E-state index contributed by atoms with van der Waals surface area (Å²) in [5, 5.41) is 30.6. The average molecular weight is 282 g/mol. The molecule has 0 aromatic rings. The van der Waals surface area contributed by atoms with Crippen molar-refractivity contribution < 1.29 is 35.8 Å². The second kappa shape index (κ2) is 43.8. The van der Waals surface area contributed by atoms with E-state index >= 15 is 0 Å². The van der Waals surface area contributed by atoms with E-state index in [1.165, 1.54) is 0 Å². The summed E-state index contributed by atoms with van der Waals surface area (Å²) in [7, 11) is 0. The molecule has 0 spiro atoms. The Morgan fingerprint density at radius 3 is 0.765 bits per heavy atom. The molecule has 3 nitrogen and oxygen atoms in total. The van der Waals surface area contributed by atoms with E-state index in [1.807, 2.05) is 46.4 Å². The van der Waals surface area contributed by atoms with Crippen LogP contribution in [-0.4, -0.2) is 19.8 Å². The minimum atomic E-state index is 0.0938. The van der Waals surface area contributed by atoms with Crippen LogP contribution in [0.15, 0.2) is 0 Å². The molecule has 0 amide bonds. The van der Waals surface area contributed by atoms with Crippen molar-refractivity contribution in [2.45, 2.75) is 64.5 Å². The van der Waals surface area contributed by atoms with Crippen LogP contribution in [0.5, 0.6) is 0 Å². The summed E-state index contributed by atoms with van der Waals surface area (Å²) in [6, 6.07) is 0. The molecule has 0 aromatic heterocycles. The Morgan fingerprint density at radius 1 is 0.588 bits per heavy atom. The van der Waals surface area contributed by atoms with Crippen LogP contribution in [0.2, 0.25) is 5.23 Å². The summed E-state index contributed by atoms with van der Waals surface area (Å²) in [6.45, 7) is 6.32. The molecular weight excluding hydrogens is 252 g/mol. The quantitative estimate of drug-likeness (QED) is 0.683. The predicted octanol–water partition coefficient (Wildman–Crippen LogP) is 1.02. The van der Waals surface area contributed by atoms with Gasteiger partial charge in [-0.2, -0.15) is 0 Å². The maximum atomic E-state index is 9.53. The van der Waals surface area contributed by atoms with Gasteiger partial charge in [0.1, 0.15) is 0 Å². The summed E-state index contributed by atoms with van der Waals surface area (Å²) in [5.74, 6) is 0. The first-order valence-electron chi connectivity index (χ1n) is 6.49. The fourth-order valence-electron chi connectivity index (χ4n) is 0.433. The van der Waals surface area contributed by atoms with Gasteiger partial charge in [0.2, 0.25) is 0 Å². The van der Waals surface area contributed by atoms with E-state index in [-0.39, 0.29) is 19.8 Å².